The second kappa shape index (κ2) is 2.67. The van der Waals surface area contributed by atoms with Gasteiger partial charge in [0.2, 0.25) is 0 Å². The maximum atomic E-state index is 9.16. The molecule has 0 unspecified atom stereocenters. The Kier molecular flexibility index (Phi) is 2.09. The first-order chi connectivity index (χ1) is 4.24. The normalized spacial score (nSPS) is 37.7. The average molecular weight is 129 g/mol. The van der Waals surface area contributed by atoms with Crippen LogP contribution in [0.25, 0.3) is 0 Å². The standard InChI is InChI=1S/C7H15NO/c1-3-6-4-7(9)5-8(6)2/h6-7,9H,3-5H2,1-2H3/t6-,7-/m0/s1. The summed E-state index contributed by atoms with van der Waals surface area (Å²) in [6.07, 6.45) is 2.06. The molecule has 1 heterocycles. The van der Waals surface area contributed by atoms with E-state index in [1.54, 1.807) is 0 Å². The van der Waals surface area contributed by atoms with Gasteiger partial charge in [0.1, 0.15) is 0 Å². The molecule has 0 saturated carbocycles. The molecular weight excluding hydrogens is 114 g/mol. The van der Waals surface area contributed by atoms with Gasteiger partial charge in [0.05, 0.1) is 6.10 Å². The molecule has 2 heteroatoms. The Balaban J connectivity index is 2.38. The number of likely N-dealkylation sites (N-methyl/N-ethyl adjacent to an activating group) is 1. The van der Waals surface area contributed by atoms with Crippen molar-refractivity contribution < 1.29 is 5.11 Å². The van der Waals surface area contributed by atoms with Gasteiger partial charge in [-0.25, -0.2) is 0 Å². The first kappa shape index (κ1) is 7.03. The summed E-state index contributed by atoms with van der Waals surface area (Å²) in [5.74, 6) is 0. The van der Waals surface area contributed by atoms with Crippen molar-refractivity contribution >= 4 is 0 Å². The van der Waals surface area contributed by atoms with Crippen LogP contribution in [0.1, 0.15) is 19.8 Å². The van der Waals surface area contributed by atoms with Crippen LogP contribution in [-0.4, -0.2) is 35.7 Å². The minimum absolute atomic E-state index is 0.0695. The zero-order chi connectivity index (χ0) is 6.85. The fourth-order valence-corrected chi connectivity index (χ4v) is 1.53. The summed E-state index contributed by atoms with van der Waals surface area (Å²) in [7, 11) is 2.07. The van der Waals surface area contributed by atoms with Gasteiger partial charge in [-0.2, -0.15) is 0 Å². The van der Waals surface area contributed by atoms with E-state index in [-0.39, 0.29) is 6.10 Å². The Hall–Kier alpha value is -0.0800. The average Bonchev–Trinajstić information content (AvgIpc) is 2.10. The van der Waals surface area contributed by atoms with Crippen LogP contribution < -0.4 is 0 Å². The molecule has 2 nitrogen and oxygen atoms in total. The third-order valence-electron chi connectivity index (χ3n) is 2.14. The molecule has 0 amide bonds. The zero-order valence-corrected chi connectivity index (χ0v) is 6.17. The zero-order valence-electron chi connectivity index (χ0n) is 6.17. The number of aliphatic hydroxyl groups is 1. The smallest absolute Gasteiger partial charge is 0.0682 e. The highest BCUT2D eigenvalue weighted by molar-refractivity contribution is 4.81. The lowest BCUT2D eigenvalue weighted by Crippen LogP contribution is -2.24. The van der Waals surface area contributed by atoms with Crippen molar-refractivity contribution in [3.63, 3.8) is 0 Å². The molecule has 0 aromatic heterocycles. The van der Waals surface area contributed by atoms with Crippen molar-refractivity contribution in [2.45, 2.75) is 31.9 Å². The van der Waals surface area contributed by atoms with E-state index >= 15 is 0 Å². The summed E-state index contributed by atoms with van der Waals surface area (Å²) in [6, 6.07) is 0.625. The van der Waals surface area contributed by atoms with Gasteiger partial charge in [-0.15, -0.1) is 0 Å². The van der Waals surface area contributed by atoms with Gasteiger partial charge < -0.3 is 10.0 Å². The van der Waals surface area contributed by atoms with E-state index in [2.05, 4.69) is 18.9 Å². The first-order valence-electron chi connectivity index (χ1n) is 3.62. The summed E-state index contributed by atoms with van der Waals surface area (Å²) in [5, 5.41) is 9.16. The lowest BCUT2D eigenvalue weighted by Gasteiger charge is -2.15. The van der Waals surface area contributed by atoms with Crippen molar-refractivity contribution in [2.24, 2.45) is 0 Å². The van der Waals surface area contributed by atoms with Crippen LogP contribution in [0.15, 0.2) is 0 Å². The van der Waals surface area contributed by atoms with E-state index in [1.807, 2.05) is 0 Å². The molecule has 1 N–H and O–H groups in total. The maximum absolute atomic E-state index is 9.16. The Morgan fingerprint density at radius 2 is 2.33 bits per heavy atom. The molecule has 1 rings (SSSR count). The molecule has 0 aromatic rings. The van der Waals surface area contributed by atoms with Crippen molar-refractivity contribution in [3.05, 3.63) is 0 Å². The predicted molar refractivity (Wildman–Crippen MR) is 37.3 cm³/mol. The van der Waals surface area contributed by atoms with Crippen molar-refractivity contribution in [3.8, 4) is 0 Å². The van der Waals surface area contributed by atoms with Gasteiger partial charge in [0.25, 0.3) is 0 Å². The Labute approximate surface area is 56.5 Å². The van der Waals surface area contributed by atoms with E-state index < -0.39 is 0 Å². The van der Waals surface area contributed by atoms with Gasteiger partial charge in [-0.05, 0) is 19.9 Å². The van der Waals surface area contributed by atoms with E-state index in [9.17, 15) is 0 Å². The van der Waals surface area contributed by atoms with Crippen LogP contribution in [0.4, 0.5) is 0 Å². The van der Waals surface area contributed by atoms with Crippen molar-refractivity contribution in [1.29, 1.82) is 0 Å². The molecule has 1 fully saturated rings. The second-order valence-corrected chi connectivity index (χ2v) is 2.89. The van der Waals surface area contributed by atoms with Crippen LogP contribution in [0.3, 0.4) is 0 Å². The quantitative estimate of drug-likeness (QED) is 0.556. The maximum Gasteiger partial charge on any atom is 0.0682 e. The highest BCUT2D eigenvalue weighted by Gasteiger charge is 2.25. The number of hydrogen-bond acceptors (Lipinski definition) is 2. The van der Waals surface area contributed by atoms with Crippen molar-refractivity contribution in [1.82, 2.24) is 4.90 Å². The molecule has 0 bridgehead atoms. The number of nitrogens with zero attached hydrogens (tertiary/aromatic N) is 1. The van der Waals surface area contributed by atoms with Crippen LogP contribution >= 0.6 is 0 Å². The van der Waals surface area contributed by atoms with Crippen LogP contribution in [0, 0.1) is 0 Å². The minimum Gasteiger partial charge on any atom is -0.392 e. The molecule has 0 aliphatic carbocycles. The third-order valence-corrected chi connectivity index (χ3v) is 2.14. The SMILES string of the molecule is CC[C@H]1C[C@H](O)CN1C. The summed E-state index contributed by atoms with van der Waals surface area (Å²) >= 11 is 0. The monoisotopic (exact) mass is 129 g/mol. The van der Waals surface area contributed by atoms with Gasteiger partial charge in [-0.1, -0.05) is 6.92 Å². The number of hydrogen-bond donors (Lipinski definition) is 1. The van der Waals surface area contributed by atoms with Crippen molar-refractivity contribution in [2.75, 3.05) is 13.6 Å². The summed E-state index contributed by atoms with van der Waals surface area (Å²) in [4.78, 5) is 2.23. The molecule has 1 aliphatic rings. The van der Waals surface area contributed by atoms with E-state index in [1.165, 1.54) is 0 Å². The highest BCUT2D eigenvalue weighted by Crippen LogP contribution is 2.17. The topological polar surface area (TPSA) is 23.5 Å². The number of likely N-dealkylation sites (tertiary alicyclic amines) is 1. The molecular formula is C7H15NO. The predicted octanol–water partition coefficient (Wildman–Crippen LogP) is 0.461. The Morgan fingerprint density at radius 1 is 1.67 bits per heavy atom. The molecule has 2 atom stereocenters. The van der Waals surface area contributed by atoms with Gasteiger partial charge >= 0.3 is 0 Å². The second-order valence-electron chi connectivity index (χ2n) is 2.89. The minimum atomic E-state index is -0.0695. The van der Waals surface area contributed by atoms with Gasteiger partial charge in [0.15, 0.2) is 0 Å². The van der Waals surface area contributed by atoms with E-state index in [0.717, 1.165) is 19.4 Å². The number of aliphatic hydroxyl groups excluding tert-OH is 1. The van der Waals surface area contributed by atoms with E-state index in [0.29, 0.717) is 6.04 Å². The number of β-amino-alcohol motifs (C(OH)–C–C–N with tert-alkyl or cyclic N) is 1. The Bertz CT molecular complexity index is 94.9. The Morgan fingerprint density at radius 3 is 2.56 bits per heavy atom. The summed E-state index contributed by atoms with van der Waals surface area (Å²) in [5.41, 5.74) is 0. The summed E-state index contributed by atoms with van der Waals surface area (Å²) in [6.45, 7) is 3.03. The molecule has 0 aromatic carbocycles. The van der Waals surface area contributed by atoms with Gasteiger partial charge in [-0.3, -0.25) is 0 Å². The molecule has 1 aliphatic heterocycles. The molecule has 9 heavy (non-hydrogen) atoms. The van der Waals surface area contributed by atoms with E-state index in [4.69, 9.17) is 5.11 Å². The fraction of sp³-hybridized carbons (Fsp3) is 1.00. The molecule has 0 spiro atoms. The lowest BCUT2D eigenvalue weighted by molar-refractivity contribution is 0.182. The fourth-order valence-electron chi connectivity index (χ4n) is 1.53. The van der Waals surface area contributed by atoms with Crippen LogP contribution in [0.5, 0.6) is 0 Å². The lowest BCUT2D eigenvalue weighted by atomic mass is 10.1. The summed E-state index contributed by atoms with van der Waals surface area (Å²) < 4.78 is 0. The third kappa shape index (κ3) is 1.43. The first-order valence-corrected chi connectivity index (χ1v) is 3.62. The highest BCUT2D eigenvalue weighted by atomic mass is 16.3. The molecule has 0 radical (unpaired) electrons. The van der Waals surface area contributed by atoms with Crippen LogP contribution in [0.2, 0.25) is 0 Å². The largest absolute Gasteiger partial charge is 0.392 e. The molecule has 1 saturated heterocycles. The van der Waals surface area contributed by atoms with Crippen LogP contribution in [-0.2, 0) is 0 Å². The van der Waals surface area contributed by atoms with Gasteiger partial charge in [0, 0.05) is 12.6 Å². The molecule has 54 valence electrons. The number of rotatable bonds is 1.